The van der Waals surface area contributed by atoms with Gasteiger partial charge in [0.25, 0.3) is 0 Å². The van der Waals surface area contributed by atoms with E-state index in [-0.39, 0.29) is 5.56 Å². The molecule has 1 aliphatic rings. The smallest absolute Gasteiger partial charge is 0.314 e. The quantitative estimate of drug-likeness (QED) is 0.896. The lowest BCUT2D eigenvalue weighted by Gasteiger charge is -2.25. The second-order valence-corrected chi connectivity index (χ2v) is 4.98. The molecule has 0 unspecified atom stereocenters. The molecule has 0 amide bonds. The van der Waals surface area contributed by atoms with Crippen LogP contribution in [-0.4, -0.2) is 11.1 Å². The molecular weight excluding hydrogens is 238 g/mol. The number of halogens is 2. The highest BCUT2D eigenvalue weighted by Crippen LogP contribution is 2.42. The largest absolute Gasteiger partial charge is 0.481 e. The Morgan fingerprint density at radius 3 is 2.44 bits per heavy atom. The molecule has 0 aromatic heterocycles. The lowest BCUT2D eigenvalue weighted by Crippen LogP contribution is -2.32. The summed E-state index contributed by atoms with van der Waals surface area (Å²) in [7, 11) is 0. The van der Waals surface area contributed by atoms with Crippen molar-refractivity contribution in [1.82, 2.24) is 0 Å². The molecule has 1 aliphatic carbocycles. The Hall–Kier alpha value is -1.45. The van der Waals surface area contributed by atoms with Gasteiger partial charge in [0.2, 0.25) is 0 Å². The summed E-state index contributed by atoms with van der Waals surface area (Å²) in [5, 5.41) is 9.43. The van der Waals surface area contributed by atoms with Gasteiger partial charge in [-0.1, -0.05) is 18.9 Å². The number of benzene rings is 1. The number of aryl methyl sites for hydroxylation is 1. The molecule has 0 aliphatic heterocycles. The van der Waals surface area contributed by atoms with Crippen LogP contribution < -0.4 is 0 Å². The number of carboxylic acid groups (broad SMARTS) is 1. The zero-order valence-corrected chi connectivity index (χ0v) is 10.3. The minimum atomic E-state index is -0.986. The van der Waals surface area contributed by atoms with Crippen molar-refractivity contribution >= 4 is 5.97 Å². The topological polar surface area (TPSA) is 37.3 Å². The summed E-state index contributed by atoms with van der Waals surface area (Å²) >= 11 is 0. The van der Waals surface area contributed by atoms with Crippen LogP contribution in [0, 0.1) is 12.7 Å². The maximum absolute atomic E-state index is 13.8. The van der Waals surface area contributed by atoms with Crippen LogP contribution in [0.4, 0.5) is 8.78 Å². The molecule has 1 fully saturated rings. The Kier molecular flexibility index (Phi) is 3.37. The zero-order valence-electron chi connectivity index (χ0n) is 10.3. The van der Waals surface area contributed by atoms with E-state index in [2.05, 4.69) is 0 Å². The van der Waals surface area contributed by atoms with E-state index in [1.54, 1.807) is 13.0 Å². The Balaban J connectivity index is 2.53. The fraction of sp³-hybridized carbons (Fsp3) is 0.500. The molecule has 0 heterocycles. The van der Waals surface area contributed by atoms with Crippen LogP contribution in [0.2, 0.25) is 0 Å². The fourth-order valence-corrected chi connectivity index (χ4v) is 2.82. The first kappa shape index (κ1) is 13.0. The molecular formula is C14H16F2O2. The van der Waals surface area contributed by atoms with Crippen molar-refractivity contribution in [3.05, 3.63) is 34.6 Å². The lowest BCUT2D eigenvalue weighted by atomic mass is 9.78. The minimum absolute atomic E-state index is 0.0253. The number of hydrogen-bond donors (Lipinski definition) is 1. The molecule has 1 aromatic rings. The number of carbonyl (C=O) groups is 1. The van der Waals surface area contributed by atoms with E-state index in [9.17, 15) is 18.7 Å². The monoisotopic (exact) mass is 254 g/mol. The molecule has 1 saturated carbocycles. The van der Waals surface area contributed by atoms with Gasteiger partial charge in [-0.05, 0) is 37.0 Å². The number of rotatable bonds is 3. The van der Waals surface area contributed by atoms with E-state index in [0.717, 1.165) is 12.8 Å². The van der Waals surface area contributed by atoms with Crippen molar-refractivity contribution in [2.75, 3.05) is 0 Å². The second kappa shape index (κ2) is 4.67. The lowest BCUT2D eigenvalue weighted by molar-refractivity contribution is -0.143. The molecule has 2 rings (SSSR count). The van der Waals surface area contributed by atoms with Crippen LogP contribution in [0.15, 0.2) is 12.1 Å². The van der Waals surface area contributed by atoms with E-state index in [0.29, 0.717) is 24.0 Å². The van der Waals surface area contributed by atoms with Crippen LogP contribution in [-0.2, 0) is 16.9 Å². The predicted molar refractivity (Wildman–Crippen MR) is 63.7 cm³/mol. The summed E-state index contributed by atoms with van der Waals surface area (Å²) in [6.45, 7) is 0.754. The molecule has 0 atom stereocenters. The van der Waals surface area contributed by atoms with Gasteiger partial charge >= 0.3 is 5.97 Å². The molecule has 1 aromatic carbocycles. The van der Waals surface area contributed by atoms with Gasteiger partial charge in [-0.15, -0.1) is 0 Å². The predicted octanol–water partition coefficient (Wildman–Crippen LogP) is 3.50. The van der Waals surface area contributed by atoms with Crippen LogP contribution in [0.25, 0.3) is 0 Å². The van der Waals surface area contributed by atoms with Crippen molar-refractivity contribution in [3.63, 3.8) is 0 Å². The average molecular weight is 254 g/mol. The summed E-state index contributed by atoms with van der Waals surface area (Å²) < 4.78 is 26.4. The minimum Gasteiger partial charge on any atom is -0.481 e. The van der Waals surface area contributed by atoms with E-state index >= 15 is 0 Å². The van der Waals surface area contributed by atoms with Crippen LogP contribution in [0.1, 0.15) is 42.4 Å². The van der Waals surface area contributed by atoms with Gasteiger partial charge in [0.1, 0.15) is 12.5 Å². The van der Waals surface area contributed by atoms with Gasteiger partial charge in [0.05, 0.1) is 5.41 Å². The molecule has 18 heavy (non-hydrogen) atoms. The summed E-state index contributed by atoms with van der Waals surface area (Å²) in [6, 6.07) is 2.82. The first-order chi connectivity index (χ1) is 8.51. The summed E-state index contributed by atoms with van der Waals surface area (Å²) in [5.41, 5.74) is -0.00233. The van der Waals surface area contributed by atoms with Crippen molar-refractivity contribution in [3.8, 4) is 0 Å². The van der Waals surface area contributed by atoms with Crippen molar-refractivity contribution < 1.29 is 18.7 Å². The summed E-state index contributed by atoms with van der Waals surface area (Å²) in [5.74, 6) is -1.55. The van der Waals surface area contributed by atoms with E-state index in [1.807, 2.05) is 0 Å². The Morgan fingerprint density at radius 2 is 2.00 bits per heavy atom. The molecule has 0 saturated heterocycles. The summed E-state index contributed by atoms with van der Waals surface area (Å²) in [4.78, 5) is 11.5. The van der Waals surface area contributed by atoms with Gasteiger partial charge in [-0.3, -0.25) is 4.79 Å². The molecule has 0 spiro atoms. The highest BCUT2D eigenvalue weighted by atomic mass is 19.1. The highest BCUT2D eigenvalue weighted by molar-refractivity contribution is 5.82. The van der Waals surface area contributed by atoms with E-state index in [1.165, 1.54) is 6.07 Å². The molecule has 4 heteroatoms. The number of carboxylic acids is 1. The van der Waals surface area contributed by atoms with E-state index < -0.39 is 23.9 Å². The third kappa shape index (κ3) is 1.89. The molecule has 2 nitrogen and oxygen atoms in total. The van der Waals surface area contributed by atoms with Gasteiger partial charge in [0, 0.05) is 5.56 Å². The number of hydrogen-bond acceptors (Lipinski definition) is 1. The van der Waals surface area contributed by atoms with E-state index in [4.69, 9.17) is 0 Å². The first-order valence-electron chi connectivity index (χ1n) is 6.10. The highest BCUT2D eigenvalue weighted by Gasteiger charge is 2.43. The SMILES string of the molecule is Cc1cc(C2(C(=O)O)CCCC2)cc(F)c1CF. The van der Waals surface area contributed by atoms with Crippen LogP contribution in [0.5, 0.6) is 0 Å². The Bertz CT molecular complexity index is 454. The molecule has 0 radical (unpaired) electrons. The molecule has 1 N–H and O–H groups in total. The average Bonchev–Trinajstić information content (AvgIpc) is 2.78. The third-order valence-electron chi connectivity index (χ3n) is 3.97. The van der Waals surface area contributed by atoms with Crippen molar-refractivity contribution in [2.45, 2.75) is 44.7 Å². The third-order valence-corrected chi connectivity index (χ3v) is 3.97. The normalized spacial score (nSPS) is 17.9. The standard InChI is InChI=1S/C14H16F2O2/c1-9-6-10(7-12(16)11(9)8-15)14(13(17)18)4-2-3-5-14/h6-7H,2-5,8H2,1H3,(H,17,18). The second-order valence-electron chi connectivity index (χ2n) is 4.98. The van der Waals surface area contributed by atoms with Crippen LogP contribution >= 0.6 is 0 Å². The Morgan fingerprint density at radius 1 is 1.39 bits per heavy atom. The maximum Gasteiger partial charge on any atom is 0.314 e. The van der Waals surface area contributed by atoms with Gasteiger partial charge in [-0.25, -0.2) is 8.78 Å². The zero-order chi connectivity index (χ0) is 13.3. The summed E-state index contributed by atoms with van der Waals surface area (Å²) in [6.07, 6.45) is 2.71. The maximum atomic E-state index is 13.8. The van der Waals surface area contributed by atoms with Gasteiger partial charge in [-0.2, -0.15) is 0 Å². The molecule has 0 bridgehead atoms. The van der Waals surface area contributed by atoms with Gasteiger partial charge < -0.3 is 5.11 Å². The van der Waals surface area contributed by atoms with Crippen LogP contribution in [0.3, 0.4) is 0 Å². The molecule has 98 valence electrons. The number of alkyl halides is 1. The van der Waals surface area contributed by atoms with Crippen molar-refractivity contribution in [1.29, 1.82) is 0 Å². The van der Waals surface area contributed by atoms with Gasteiger partial charge in [0.15, 0.2) is 0 Å². The van der Waals surface area contributed by atoms with Crippen molar-refractivity contribution in [2.24, 2.45) is 0 Å². The number of aliphatic carboxylic acids is 1. The Labute approximate surface area is 105 Å². The first-order valence-corrected chi connectivity index (χ1v) is 6.10. The fourth-order valence-electron chi connectivity index (χ4n) is 2.82.